The van der Waals surface area contributed by atoms with E-state index >= 15 is 0 Å². The zero-order valence-corrected chi connectivity index (χ0v) is 18.3. The van der Waals surface area contributed by atoms with Crippen molar-refractivity contribution < 1.29 is 9.18 Å². The van der Waals surface area contributed by atoms with Gasteiger partial charge in [0.1, 0.15) is 11.6 Å². The van der Waals surface area contributed by atoms with Crippen LogP contribution < -0.4 is 5.32 Å². The number of hydrogen-bond acceptors (Lipinski definition) is 5. The molecule has 0 spiro atoms. The molecule has 1 N–H and O–H groups in total. The van der Waals surface area contributed by atoms with E-state index in [2.05, 4.69) is 22.5 Å². The number of benzene rings is 1. The Kier molecular flexibility index (Phi) is 6.11. The summed E-state index contributed by atoms with van der Waals surface area (Å²) in [6, 6.07) is 11.7. The molecule has 2 aliphatic rings. The molecule has 1 aromatic carbocycles. The Morgan fingerprint density at radius 3 is 2.73 bits per heavy atom. The normalized spacial score (nSPS) is 20.1. The molecule has 1 aliphatic carbocycles. The molecule has 1 aliphatic heterocycles. The molecule has 0 bridgehead atoms. The molecule has 1 saturated heterocycles. The second-order valence-electron chi connectivity index (χ2n) is 8.54. The summed E-state index contributed by atoms with van der Waals surface area (Å²) in [7, 11) is 0. The van der Waals surface area contributed by atoms with Crippen molar-refractivity contribution in [1.82, 2.24) is 19.9 Å². The van der Waals surface area contributed by atoms with Crippen LogP contribution in [-0.4, -0.2) is 32.3 Å². The number of pyridine rings is 1. The molecule has 2 atom stereocenters. The zero-order valence-electron chi connectivity index (χ0n) is 18.3. The fraction of sp³-hybridized carbons (Fsp3) is 0.308. The number of anilines is 2. The third kappa shape index (κ3) is 4.77. The molecule has 0 saturated carbocycles. The molecule has 6 nitrogen and oxygen atoms in total. The molecule has 1 amide bonds. The number of nitrogens with zero attached hydrogens (tertiary/aromatic N) is 4. The number of aromatic nitrogens is 3. The van der Waals surface area contributed by atoms with Crippen molar-refractivity contribution in [2.75, 3.05) is 11.9 Å². The Morgan fingerprint density at radius 2 is 1.94 bits per heavy atom. The maximum atomic E-state index is 13.7. The minimum atomic E-state index is -0.322. The van der Waals surface area contributed by atoms with Gasteiger partial charge in [0.05, 0.1) is 11.7 Å². The topological polar surface area (TPSA) is 71.0 Å². The highest BCUT2D eigenvalue weighted by molar-refractivity contribution is 5.80. The average molecular weight is 444 g/mol. The van der Waals surface area contributed by atoms with Gasteiger partial charge in [-0.1, -0.05) is 18.2 Å². The van der Waals surface area contributed by atoms with Crippen LogP contribution >= 0.6 is 0 Å². The van der Waals surface area contributed by atoms with Crippen molar-refractivity contribution in [3.05, 3.63) is 78.7 Å². The van der Waals surface area contributed by atoms with Crippen LogP contribution in [0.3, 0.4) is 0 Å². The maximum Gasteiger partial charge on any atom is 0.226 e. The van der Waals surface area contributed by atoms with E-state index in [-0.39, 0.29) is 23.7 Å². The third-order valence-corrected chi connectivity index (χ3v) is 6.27. The molecule has 2 aromatic heterocycles. The number of nitrogens with one attached hydrogen (secondary N) is 1. The molecular weight excluding hydrogens is 417 g/mol. The number of amides is 1. The largest absolute Gasteiger partial charge is 0.340 e. The molecule has 3 heterocycles. The van der Waals surface area contributed by atoms with Crippen LogP contribution in [0.5, 0.6) is 0 Å². The van der Waals surface area contributed by atoms with E-state index in [4.69, 9.17) is 9.97 Å². The van der Waals surface area contributed by atoms with Crippen LogP contribution in [-0.2, 0) is 4.79 Å². The molecule has 5 rings (SSSR count). The number of carbonyl (C=O) groups excluding carboxylic acids is 1. The lowest BCUT2D eigenvalue weighted by atomic mass is 9.93. The van der Waals surface area contributed by atoms with Gasteiger partial charge in [0.15, 0.2) is 5.82 Å². The first kappa shape index (κ1) is 21.2. The highest BCUT2D eigenvalue weighted by Gasteiger charge is 2.35. The number of carbonyl (C=O) groups is 1. The zero-order chi connectivity index (χ0) is 22.6. The van der Waals surface area contributed by atoms with Gasteiger partial charge < -0.3 is 10.2 Å². The second kappa shape index (κ2) is 9.48. The minimum Gasteiger partial charge on any atom is -0.340 e. The summed E-state index contributed by atoms with van der Waals surface area (Å²) in [5.74, 6) is 1.08. The van der Waals surface area contributed by atoms with E-state index in [1.165, 1.54) is 12.1 Å². The first-order chi connectivity index (χ1) is 16.2. The lowest BCUT2D eigenvalue weighted by Gasteiger charge is -2.29. The molecule has 0 unspecified atom stereocenters. The monoisotopic (exact) mass is 443 g/mol. The van der Waals surface area contributed by atoms with Gasteiger partial charge in [0.25, 0.3) is 0 Å². The van der Waals surface area contributed by atoms with Gasteiger partial charge in [0.2, 0.25) is 5.91 Å². The van der Waals surface area contributed by atoms with E-state index in [9.17, 15) is 9.18 Å². The molecule has 1 fully saturated rings. The number of rotatable bonds is 5. The number of likely N-dealkylation sites (tertiary alicyclic amines) is 1. The molecule has 7 heteroatoms. The Labute approximate surface area is 192 Å². The Bertz CT molecular complexity index is 1170. The van der Waals surface area contributed by atoms with Crippen molar-refractivity contribution in [1.29, 1.82) is 0 Å². The number of hydrogen-bond donors (Lipinski definition) is 1. The number of halogens is 1. The van der Waals surface area contributed by atoms with Gasteiger partial charge in [-0.3, -0.25) is 9.78 Å². The van der Waals surface area contributed by atoms with E-state index in [0.717, 1.165) is 49.9 Å². The van der Waals surface area contributed by atoms with Crippen molar-refractivity contribution >= 4 is 17.4 Å². The summed E-state index contributed by atoms with van der Waals surface area (Å²) < 4.78 is 13.7. The Balaban J connectivity index is 1.50. The molecule has 168 valence electrons. The summed E-state index contributed by atoms with van der Waals surface area (Å²) in [5, 5.41) is 3.21. The lowest BCUT2D eigenvalue weighted by molar-refractivity contribution is -0.136. The molecule has 3 aromatic rings. The average Bonchev–Trinajstić information content (AvgIpc) is 3.35. The van der Waals surface area contributed by atoms with Gasteiger partial charge >= 0.3 is 0 Å². The van der Waals surface area contributed by atoms with Crippen molar-refractivity contribution in [2.24, 2.45) is 5.92 Å². The standard InChI is InChI=1S/C26H26FN5O/c27-20-8-4-9-21(16-20)29-24-17-22(18-11-13-28-14-12-18)30-25(31-24)23-10-5-15-32(23)26(33)19-6-2-1-3-7-19/h1-2,4,8-9,11-14,16-17,19,23H,3,5-7,10,15H2,(H,29,30,31)/t19-,23-/m1/s1. The molecule has 33 heavy (non-hydrogen) atoms. The predicted molar refractivity (Wildman–Crippen MR) is 125 cm³/mol. The first-order valence-electron chi connectivity index (χ1n) is 11.4. The van der Waals surface area contributed by atoms with Gasteiger partial charge in [-0.25, -0.2) is 14.4 Å². The van der Waals surface area contributed by atoms with Crippen molar-refractivity contribution in [3.8, 4) is 11.3 Å². The number of allylic oxidation sites excluding steroid dienone is 2. The van der Waals surface area contributed by atoms with Crippen LogP contribution in [0.15, 0.2) is 67.0 Å². The fourth-order valence-electron chi connectivity index (χ4n) is 4.61. The Morgan fingerprint density at radius 1 is 1.06 bits per heavy atom. The highest BCUT2D eigenvalue weighted by atomic mass is 19.1. The highest BCUT2D eigenvalue weighted by Crippen LogP contribution is 2.35. The van der Waals surface area contributed by atoms with Crippen LogP contribution in [0.2, 0.25) is 0 Å². The summed E-state index contributed by atoms with van der Waals surface area (Å²) in [4.78, 5) is 29.0. The smallest absolute Gasteiger partial charge is 0.226 e. The van der Waals surface area contributed by atoms with E-state index in [0.29, 0.717) is 17.3 Å². The van der Waals surface area contributed by atoms with E-state index in [1.807, 2.05) is 23.1 Å². The van der Waals surface area contributed by atoms with E-state index in [1.54, 1.807) is 24.5 Å². The van der Waals surface area contributed by atoms with Crippen LogP contribution in [0.25, 0.3) is 11.3 Å². The summed E-state index contributed by atoms with van der Waals surface area (Å²) in [6.07, 6.45) is 12.1. The predicted octanol–water partition coefficient (Wildman–Crippen LogP) is 5.44. The quantitative estimate of drug-likeness (QED) is 0.532. The Hall–Kier alpha value is -3.61. The van der Waals surface area contributed by atoms with Crippen molar-refractivity contribution in [3.63, 3.8) is 0 Å². The lowest BCUT2D eigenvalue weighted by Crippen LogP contribution is -2.36. The van der Waals surface area contributed by atoms with Gasteiger partial charge in [-0.05, 0) is 62.4 Å². The molecular formula is C26H26FN5O. The van der Waals surface area contributed by atoms with Gasteiger partial charge in [-0.2, -0.15) is 0 Å². The van der Waals surface area contributed by atoms with Gasteiger partial charge in [0, 0.05) is 42.2 Å². The molecule has 0 radical (unpaired) electrons. The SMILES string of the molecule is O=C([C@@H]1CC=CCC1)N1CCC[C@@H]1c1nc(Nc2cccc(F)c2)cc(-c2ccncc2)n1. The van der Waals surface area contributed by atoms with Crippen LogP contribution in [0.4, 0.5) is 15.9 Å². The first-order valence-corrected chi connectivity index (χ1v) is 11.4. The summed E-state index contributed by atoms with van der Waals surface area (Å²) >= 11 is 0. The van der Waals surface area contributed by atoms with Crippen LogP contribution in [0, 0.1) is 11.7 Å². The maximum absolute atomic E-state index is 13.7. The minimum absolute atomic E-state index is 0.0314. The van der Waals surface area contributed by atoms with Crippen LogP contribution in [0.1, 0.15) is 44.0 Å². The van der Waals surface area contributed by atoms with Gasteiger partial charge in [-0.15, -0.1) is 0 Å². The fourth-order valence-corrected chi connectivity index (χ4v) is 4.61. The summed E-state index contributed by atoms with van der Waals surface area (Å²) in [6.45, 7) is 0.721. The van der Waals surface area contributed by atoms with Crippen molar-refractivity contribution in [2.45, 2.75) is 38.1 Å². The second-order valence-corrected chi connectivity index (χ2v) is 8.54. The van der Waals surface area contributed by atoms with E-state index < -0.39 is 0 Å². The summed E-state index contributed by atoms with van der Waals surface area (Å²) in [5.41, 5.74) is 2.25. The third-order valence-electron chi connectivity index (χ3n) is 6.27.